The number of likely N-dealkylation sites (tertiary alicyclic amines) is 1. The van der Waals surface area contributed by atoms with Gasteiger partial charge in [-0.25, -0.2) is 18.4 Å². The van der Waals surface area contributed by atoms with Gasteiger partial charge in [0.1, 0.15) is 4.75 Å². The van der Waals surface area contributed by atoms with Crippen LogP contribution in [0.25, 0.3) is 0 Å². The van der Waals surface area contributed by atoms with Gasteiger partial charge in [0.15, 0.2) is 9.84 Å². The molecular formula is C16H21N3O4S. The first kappa shape index (κ1) is 15.8. The standard InChI is InChI=1S/C16H21N3O4S/c20-14(12-3-1-4-12)19-10-16(11-19)13(5-8-24(16,21)22)9-23-15-17-6-2-7-18-15/h2,6-7,12-13H,1,3-5,8-11H2. The van der Waals surface area contributed by atoms with Gasteiger partial charge in [0.2, 0.25) is 5.91 Å². The molecule has 2 aliphatic heterocycles. The molecule has 4 rings (SSSR count). The van der Waals surface area contributed by atoms with Crippen LogP contribution in [-0.2, 0) is 14.6 Å². The van der Waals surface area contributed by atoms with E-state index in [0.717, 1.165) is 19.3 Å². The maximum atomic E-state index is 12.6. The van der Waals surface area contributed by atoms with Crippen molar-refractivity contribution in [2.75, 3.05) is 25.4 Å². The lowest BCUT2D eigenvalue weighted by Gasteiger charge is -2.51. The zero-order valence-electron chi connectivity index (χ0n) is 13.4. The van der Waals surface area contributed by atoms with E-state index in [4.69, 9.17) is 4.74 Å². The number of nitrogens with zero attached hydrogens (tertiary/aromatic N) is 3. The van der Waals surface area contributed by atoms with Gasteiger partial charge in [0.25, 0.3) is 0 Å². The van der Waals surface area contributed by atoms with Gasteiger partial charge >= 0.3 is 6.01 Å². The number of hydrogen-bond donors (Lipinski definition) is 0. The number of ether oxygens (including phenoxy) is 1. The van der Waals surface area contributed by atoms with Crippen molar-refractivity contribution in [2.45, 2.75) is 30.4 Å². The minimum Gasteiger partial charge on any atom is -0.463 e. The fourth-order valence-corrected chi connectivity index (χ4v) is 6.31. The molecule has 0 aromatic carbocycles. The predicted octanol–water partition coefficient (Wildman–Crippen LogP) is 0.671. The highest BCUT2D eigenvalue weighted by Gasteiger charge is 2.63. The average Bonchev–Trinajstić information content (AvgIpc) is 2.73. The van der Waals surface area contributed by atoms with E-state index in [-0.39, 0.29) is 36.1 Å². The van der Waals surface area contributed by atoms with Crippen LogP contribution in [-0.4, -0.2) is 59.4 Å². The Morgan fingerprint density at radius 2 is 1.96 bits per heavy atom. The number of aromatic nitrogens is 2. The first-order valence-corrected chi connectivity index (χ1v) is 10.1. The number of carbonyl (C=O) groups excluding carboxylic acids is 1. The number of sulfone groups is 1. The van der Waals surface area contributed by atoms with Gasteiger partial charge in [-0.15, -0.1) is 0 Å². The Morgan fingerprint density at radius 3 is 2.58 bits per heavy atom. The number of hydrogen-bond acceptors (Lipinski definition) is 6. The molecule has 2 saturated heterocycles. The molecule has 7 nitrogen and oxygen atoms in total. The van der Waals surface area contributed by atoms with E-state index in [2.05, 4.69) is 9.97 Å². The van der Waals surface area contributed by atoms with Crippen molar-refractivity contribution < 1.29 is 17.9 Å². The molecule has 0 N–H and O–H groups in total. The fraction of sp³-hybridized carbons (Fsp3) is 0.688. The Bertz CT molecular complexity index is 727. The molecule has 24 heavy (non-hydrogen) atoms. The van der Waals surface area contributed by atoms with Crippen LogP contribution in [0.3, 0.4) is 0 Å². The van der Waals surface area contributed by atoms with Crippen molar-refractivity contribution in [1.29, 1.82) is 0 Å². The van der Waals surface area contributed by atoms with Crippen molar-refractivity contribution in [1.82, 2.24) is 14.9 Å². The molecule has 1 amide bonds. The molecule has 0 radical (unpaired) electrons. The Kier molecular flexibility index (Phi) is 3.74. The van der Waals surface area contributed by atoms with Gasteiger partial charge in [0, 0.05) is 37.3 Å². The van der Waals surface area contributed by atoms with Gasteiger partial charge in [-0.05, 0) is 25.3 Å². The molecule has 3 aliphatic rings. The van der Waals surface area contributed by atoms with Gasteiger partial charge in [-0.2, -0.15) is 0 Å². The highest BCUT2D eigenvalue weighted by atomic mass is 32.2. The largest absolute Gasteiger partial charge is 0.463 e. The average molecular weight is 351 g/mol. The van der Waals surface area contributed by atoms with Crippen LogP contribution in [0.5, 0.6) is 6.01 Å². The summed E-state index contributed by atoms with van der Waals surface area (Å²) in [6, 6.07) is 1.96. The van der Waals surface area contributed by atoms with Crippen molar-refractivity contribution >= 4 is 15.7 Å². The molecule has 1 aliphatic carbocycles. The number of rotatable bonds is 4. The lowest BCUT2D eigenvalue weighted by molar-refractivity contribution is -0.144. The van der Waals surface area contributed by atoms with Crippen molar-refractivity contribution in [2.24, 2.45) is 11.8 Å². The summed E-state index contributed by atoms with van der Waals surface area (Å²) in [4.78, 5) is 22.1. The van der Waals surface area contributed by atoms with Crippen LogP contribution >= 0.6 is 0 Å². The van der Waals surface area contributed by atoms with E-state index in [1.165, 1.54) is 0 Å². The van der Waals surface area contributed by atoms with E-state index in [1.807, 2.05) is 0 Å². The third-order valence-corrected chi connectivity index (χ3v) is 8.34. The van der Waals surface area contributed by atoms with Crippen LogP contribution in [0.4, 0.5) is 0 Å². The molecule has 1 unspecified atom stereocenters. The van der Waals surface area contributed by atoms with E-state index < -0.39 is 14.6 Å². The van der Waals surface area contributed by atoms with Crippen LogP contribution in [0.2, 0.25) is 0 Å². The number of amides is 1. The van der Waals surface area contributed by atoms with E-state index >= 15 is 0 Å². The van der Waals surface area contributed by atoms with Crippen LogP contribution in [0.15, 0.2) is 18.5 Å². The summed E-state index contributed by atoms with van der Waals surface area (Å²) in [5.41, 5.74) is 0. The highest BCUT2D eigenvalue weighted by Crippen LogP contribution is 2.46. The maximum Gasteiger partial charge on any atom is 0.316 e. The molecule has 8 heteroatoms. The minimum atomic E-state index is -3.20. The van der Waals surface area contributed by atoms with E-state index in [9.17, 15) is 13.2 Å². The Morgan fingerprint density at radius 1 is 1.25 bits per heavy atom. The Labute approximate surface area is 141 Å². The highest BCUT2D eigenvalue weighted by molar-refractivity contribution is 7.93. The summed E-state index contributed by atoms with van der Waals surface area (Å²) in [7, 11) is -3.20. The Hall–Kier alpha value is -1.70. The molecule has 1 saturated carbocycles. The Balaban J connectivity index is 1.44. The minimum absolute atomic E-state index is 0.110. The topological polar surface area (TPSA) is 89.5 Å². The van der Waals surface area contributed by atoms with Gasteiger partial charge in [0.05, 0.1) is 12.4 Å². The number of carbonyl (C=O) groups is 1. The summed E-state index contributed by atoms with van der Waals surface area (Å²) < 4.78 is 29.9. The van der Waals surface area contributed by atoms with E-state index in [1.54, 1.807) is 23.4 Å². The smallest absolute Gasteiger partial charge is 0.316 e. The third-order valence-electron chi connectivity index (χ3n) is 5.74. The fourth-order valence-electron chi connectivity index (χ4n) is 3.91. The van der Waals surface area contributed by atoms with Gasteiger partial charge < -0.3 is 9.64 Å². The molecule has 1 aromatic rings. The quantitative estimate of drug-likeness (QED) is 0.792. The predicted molar refractivity (Wildman–Crippen MR) is 86.1 cm³/mol. The summed E-state index contributed by atoms with van der Waals surface area (Å²) >= 11 is 0. The second-order valence-corrected chi connectivity index (χ2v) is 9.48. The molecule has 3 heterocycles. The molecule has 3 fully saturated rings. The summed E-state index contributed by atoms with van der Waals surface area (Å²) in [5, 5.41) is 0. The van der Waals surface area contributed by atoms with Crippen LogP contribution in [0, 0.1) is 11.8 Å². The molecule has 1 spiro atoms. The third kappa shape index (κ3) is 2.39. The second-order valence-electron chi connectivity index (χ2n) is 7.03. The van der Waals surface area contributed by atoms with Crippen molar-refractivity contribution in [3.8, 4) is 6.01 Å². The van der Waals surface area contributed by atoms with Crippen molar-refractivity contribution in [3.05, 3.63) is 18.5 Å². The van der Waals surface area contributed by atoms with Crippen LogP contribution in [0.1, 0.15) is 25.7 Å². The van der Waals surface area contributed by atoms with Crippen LogP contribution < -0.4 is 4.74 Å². The summed E-state index contributed by atoms with van der Waals surface area (Å²) in [5.74, 6) is 0.290. The van der Waals surface area contributed by atoms with Gasteiger partial charge in [-0.1, -0.05) is 6.42 Å². The van der Waals surface area contributed by atoms with E-state index in [0.29, 0.717) is 19.5 Å². The van der Waals surface area contributed by atoms with Crippen molar-refractivity contribution in [3.63, 3.8) is 0 Å². The lowest BCUT2D eigenvalue weighted by atomic mass is 9.79. The zero-order chi connectivity index (χ0) is 16.8. The monoisotopic (exact) mass is 351 g/mol. The molecule has 130 valence electrons. The normalized spacial score (nSPS) is 27.5. The zero-order valence-corrected chi connectivity index (χ0v) is 14.2. The first-order chi connectivity index (χ1) is 11.5. The van der Waals surface area contributed by atoms with Gasteiger partial charge in [-0.3, -0.25) is 4.79 Å². The second kappa shape index (κ2) is 5.68. The molecular weight excluding hydrogens is 330 g/mol. The lowest BCUT2D eigenvalue weighted by Crippen LogP contribution is -2.69. The molecule has 1 atom stereocenters. The molecule has 1 aromatic heterocycles. The summed E-state index contributed by atoms with van der Waals surface area (Å²) in [6.45, 7) is 0.900. The summed E-state index contributed by atoms with van der Waals surface area (Å²) in [6.07, 6.45) is 6.72. The first-order valence-electron chi connectivity index (χ1n) is 8.43. The maximum absolute atomic E-state index is 12.6. The molecule has 0 bridgehead atoms. The SMILES string of the molecule is O=C(C1CCC1)N1CC2(C1)C(COc1ncccn1)CCS2(=O)=O.